The second-order valence-electron chi connectivity index (χ2n) is 5.45. The maximum atomic E-state index is 11.9. The summed E-state index contributed by atoms with van der Waals surface area (Å²) in [6.45, 7) is 8.99. The SMILES string of the molecule is Cc1cc(Br)cc(C)c1NC(=O)C(=O)C(C)(C)C. The number of nitrogens with one attached hydrogen (secondary N) is 1. The van der Waals surface area contributed by atoms with Crippen LogP contribution in [0.15, 0.2) is 16.6 Å². The fourth-order valence-corrected chi connectivity index (χ4v) is 2.31. The topological polar surface area (TPSA) is 46.2 Å². The van der Waals surface area contributed by atoms with Crippen LogP contribution < -0.4 is 5.32 Å². The van der Waals surface area contributed by atoms with Gasteiger partial charge in [-0.15, -0.1) is 0 Å². The van der Waals surface area contributed by atoms with Crippen LogP contribution in [0.5, 0.6) is 0 Å². The van der Waals surface area contributed by atoms with E-state index in [0.717, 1.165) is 15.6 Å². The van der Waals surface area contributed by atoms with E-state index in [0.29, 0.717) is 5.69 Å². The minimum absolute atomic E-state index is 0.413. The molecule has 1 aromatic carbocycles. The van der Waals surface area contributed by atoms with Gasteiger partial charge in [-0.1, -0.05) is 36.7 Å². The van der Waals surface area contributed by atoms with Crippen LogP contribution in [-0.2, 0) is 9.59 Å². The van der Waals surface area contributed by atoms with Gasteiger partial charge in [0, 0.05) is 15.6 Å². The third-order valence-electron chi connectivity index (χ3n) is 2.62. The van der Waals surface area contributed by atoms with Crippen molar-refractivity contribution in [1.29, 1.82) is 0 Å². The summed E-state index contributed by atoms with van der Waals surface area (Å²) in [5.41, 5.74) is 1.90. The molecule has 4 heteroatoms. The predicted molar refractivity (Wildman–Crippen MR) is 76.7 cm³/mol. The van der Waals surface area contributed by atoms with E-state index in [-0.39, 0.29) is 0 Å². The summed E-state index contributed by atoms with van der Waals surface area (Å²) in [7, 11) is 0. The van der Waals surface area contributed by atoms with Gasteiger partial charge in [-0.3, -0.25) is 9.59 Å². The van der Waals surface area contributed by atoms with Gasteiger partial charge in [0.1, 0.15) is 0 Å². The average Bonchev–Trinajstić information content (AvgIpc) is 2.20. The number of aryl methyl sites for hydroxylation is 2. The van der Waals surface area contributed by atoms with Gasteiger partial charge in [-0.25, -0.2) is 0 Å². The lowest BCUT2D eigenvalue weighted by molar-refractivity contribution is -0.139. The van der Waals surface area contributed by atoms with Crippen molar-refractivity contribution in [1.82, 2.24) is 0 Å². The van der Waals surface area contributed by atoms with Crippen molar-refractivity contribution in [2.75, 3.05) is 5.32 Å². The van der Waals surface area contributed by atoms with Gasteiger partial charge in [-0.2, -0.15) is 0 Å². The Kier molecular flexibility index (Phi) is 4.32. The first-order valence-corrected chi connectivity index (χ1v) is 6.54. The molecule has 0 aliphatic heterocycles. The summed E-state index contributed by atoms with van der Waals surface area (Å²) >= 11 is 3.39. The number of hydrogen-bond acceptors (Lipinski definition) is 2. The Morgan fingerprint density at radius 3 is 1.94 bits per heavy atom. The van der Waals surface area contributed by atoms with Crippen LogP contribution in [0, 0.1) is 19.3 Å². The molecule has 0 saturated heterocycles. The Morgan fingerprint density at radius 2 is 1.56 bits per heavy atom. The van der Waals surface area contributed by atoms with Crippen LogP contribution in [0.3, 0.4) is 0 Å². The zero-order valence-corrected chi connectivity index (χ0v) is 12.9. The van der Waals surface area contributed by atoms with Crippen molar-refractivity contribution in [3.05, 3.63) is 27.7 Å². The highest BCUT2D eigenvalue weighted by atomic mass is 79.9. The zero-order valence-electron chi connectivity index (χ0n) is 11.3. The molecule has 0 unspecified atom stereocenters. The summed E-state index contributed by atoms with van der Waals surface area (Å²) < 4.78 is 0.956. The number of rotatable bonds is 2. The van der Waals surface area contributed by atoms with Crippen LogP contribution in [0.1, 0.15) is 31.9 Å². The molecule has 3 nitrogen and oxygen atoms in total. The third-order valence-corrected chi connectivity index (χ3v) is 3.08. The maximum absolute atomic E-state index is 11.9. The van der Waals surface area contributed by atoms with Crippen molar-refractivity contribution in [2.45, 2.75) is 34.6 Å². The van der Waals surface area contributed by atoms with E-state index in [4.69, 9.17) is 0 Å². The summed E-state index contributed by atoms with van der Waals surface area (Å²) in [5, 5.41) is 2.70. The second kappa shape index (κ2) is 5.22. The molecular weight excluding hydrogens is 294 g/mol. The van der Waals surface area contributed by atoms with Crippen LogP contribution in [0.4, 0.5) is 5.69 Å². The first-order valence-electron chi connectivity index (χ1n) is 5.75. The van der Waals surface area contributed by atoms with Gasteiger partial charge in [0.25, 0.3) is 5.91 Å². The summed E-state index contributed by atoms with van der Waals surface area (Å²) in [4.78, 5) is 23.7. The number of amides is 1. The molecule has 1 amide bonds. The van der Waals surface area contributed by atoms with E-state index >= 15 is 0 Å². The van der Waals surface area contributed by atoms with E-state index < -0.39 is 17.1 Å². The van der Waals surface area contributed by atoms with E-state index in [2.05, 4.69) is 21.2 Å². The Hall–Kier alpha value is -1.16. The molecule has 0 bridgehead atoms. The van der Waals surface area contributed by atoms with Gasteiger partial charge in [0.05, 0.1) is 0 Å². The van der Waals surface area contributed by atoms with Crippen molar-refractivity contribution in [3.63, 3.8) is 0 Å². The van der Waals surface area contributed by atoms with Crippen molar-refractivity contribution < 1.29 is 9.59 Å². The van der Waals surface area contributed by atoms with Gasteiger partial charge in [0.15, 0.2) is 0 Å². The molecular formula is C14H18BrNO2. The molecule has 0 aliphatic rings. The molecule has 0 aromatic heterocycles. The Labute approximate surface area is 116 Å². The number of Topliss-reactive ketones (excluding diaryl/α,β-unsaturated/α-hetero) is 1. The molecule has 1 N–H and O–H groups in total. The highest BCUT2D eigenvalue weighted by molar-refractivity contribution is 9.10. The van der Waals surface area contributed by atoms with E-state index in [1.54, 1.807) is 20.8 Å². The minimum atomic E-state index is -0.665. The number of ketones is 1. The average molecular weight is 312 g/mol. The van der Waals surface area contributed by atoms with Crippen LogP contribution in [0.2, 0.25) is 0 Å². The fourth-order valence-electron chi connectivity index (χ4n) is 1.62. The lowest BCUT2D eigenvalue weighted by Crippen LogP contribution is -2.33. The first-order chi connectivity index (χ1) is 8.12. The normalized spacial score (nSPS) is 11.2. The minimum Gasteiger partial charge on any atom is -0.319 e. The molecule has 98 valence electrons. The van der Waals surface area contributed by atoms with Crippen LogP contribution in [0.25, 0.3) is 0 Å². The third kappa shape index (κ3) is 3.42. The number of benzene rings is 1. The van der Waals surface area contributed by atoms with E-state index in [9.17, 15) is 9.59 Å². The maximum Gasteiger partial charge on any atom is 0.292 e. The lowest BCUT2D eigenvalue weighted by atomic mass is 9.90. The lowest BCUT2D eigenvalue weighted by Gasteiger charge is -2.17. The molecule has 0 saturated carbocycles. The molecule has 0 spiro atoms. The first kappa shape index (κ1) is 14.9. The number of anilines is 1. The van der Waals surface area contributed by atoms with Gasteiger partial charge in [-0.05, 0) is 37.1 Å². The largest absolute Gasteiger partial charge is 0.319 e. The van der Waals surface area contributed by atoms with Crippen LogP contribution in [-0.4, -0.2) is 11.7 Å². The van der Waals surface area contributed by atoms with Crippen molar-refractivity contribution in [2.24, 2.45) is 5.41 Å². The molecule has 0 atom stereocenters. The van der Waals surface area contributed by atoms with Crippen molar-refractivity contribution >= 4 is 33.3 Å². The quantitative estimate of drug-likeness (QED) is 0.848. The number of halogens is 1. The number of carbonyl (C=O) groups is 2. The van der Waals surface area contributed by atoms with Gasteiger partial charge >= 0.3 is 0 Å². The smallest absolute Gasteiger partial charge is 0.292 e. The van der Waals surface area contributed by atoms with E-state index in [1.165, 1.54) is 0 Å². The van der Waals surface area contributed by atoms with Crippen molar-refractivity contribution in [3.8, 4) is 0 Å². The Morgan fingerprint density at radius 1 is 1.11 bits per heavy atom. The summed E-state index contributed by atoms with van der Waals surface area (Å²) in [5.74, 6) is -0.972. The summed E-state index contributed by atoms with van der Waals surface area (Å²) in [6.07, 6.45) is 0. The number of hydrogen-bond donors (Lipinski definition) is 1. The Bertz CT molecular complexity index is 478. The highest BCUT2D eigenvalue weighted by Gasteiger charge is 2.28. The summed E-state index contributed by atoms with van der Waals surface area (Å²) in [6, 6.07) is 3.81. The van der Waals surface area contributed by atoms with E-state index in [1.807, 2.05) is 26.0 Å². The zero-order chi connectivity index (χ0) is 14.1. The molecule has 1 aromatic rings. The molecule has 0 fully saturated rings. The van der Waals surface area contributed by atoms with Gasteiger partial charge in [0.2, 0.25) is 5.78 Å². The molecule has 18 heavy (non-hydrogen) atoms. The Balaban J connectivity index is 3.00. The van der Waals surface area contributed by atoms with Crippen LogP contribution >= 0.6 is 15.9 Å². The van der Waals surface area contributed by atoms with Gasteiger partial charge < -0.3 is 5.32 Å². The highest BCUT2D eigenvalue weighted by Crippen LogP contribution is 2.25. The number of carbonyl (C=O) groups excluding carboxylic acids is 2. The monoisotopic (exact) mass is 311 g/mol. The molecule has 0 aliphatic carbocycles. The molecule has 0 radical (unpaired) electrons. The standard InChI is InChI=1S/C14H18BrNO2/c1-8-6-10(15)7-9(2)11(8)16-13(18)12(17)14(3,4)5/h6-7H,1-5H3,(H,16,18). The fraction of sp³-hybridized carbons (Fsp3) is 0.429. The molecule has 0 heterocycles. The predicted octanol–water partition coefficient (Wildman–Crippen LogP) is 3.62. The second-order valence-corrected chi connectivity index (χ2v) is 6.36. The molecule has 1 rings (SSSR count).